The maximum Gasteiger partial charge on any atom is 0.0576 e. The molecule has 15 heavy (non-hydrogen) atoms. The number of ether oxygens (including phenoxy) is 1. The van der Waals surface area contributed by atoms with Crippen LogP contribution in [0.4, 0.5) is 0 Å². The molecule has 0 aromatic heterocycles. The smallest absolute Gasteiger partial charge is 0.0576 e. The van der Waals surface area contributed by atoms with Gasteiger partial charge < -0.3 is 4.74 Å². The minimum absolute atomic E-state index is 0.346. The van der Waals surface area contributed by atoms with Crippen LogP contribution >= 0.6 is 11.6 Å². The fourth-order valence-corrected chi connectivity index (χ4v) is 2.82. The second-order valence-electron chi connectivity index (χ2n) is 5.78. The zero-order chi connectivity index (χ0) is 11.3. The normalized spacial score (nSPS) is 24.4. The van der Waals surface area contributed by atoms with Gasteiger partial charge in [-0.05, 0) is 37.0 Å². The van der Waals surface area contributed by atoms with Crippen LogP contribution in [-0.2, 0) is 4.74 Å². The summed E-state index contributed by atoms with van der Waals surface area (Å²) in [5.41, 5.74) is 0.346. The molecule has 0 spiro atoms. The molecule has 0 aliphatic carbocycles. The number of rotatable bonds is 5. The van der Waals surface area contributed by atoms with Crippen molar-refractivity contribution in [3.63, 3.8) is 0 Å². The lowest BCUT2D eigenvalue weighted by atomic mass is 9.79. The molecule has 0 aromatic carbocycles. The highest BCUT2D eigenvalue weighted by Gasteiger charge is 2.24. The number of hydrogen-bond donors (Lipinski definition) is 0. The molecule has 1 aliphatic rings. The van der Waals surface area contributed by atoms with E-state index in [4.69, 9.17) is 16.3 Å². The van der Waals surface area contributed by atoms with Gasteiger partial charge in [-0.25, -0.2) is 0 Å². The van der Waals surface area contributed by atoms with Crippen molar-refractivity contribution in [2.45, 2.75) is 59.0 Å². The van der Waals surface area contributed by atoms with Gasteiger partial charge >= 0.3 is 0 Å². The van der Waals surface area contributed by atoms with Crippen LogP contribution in [0.15, 0.2) is 0 Å². The summed E-state index contributed by atoms with van der Waals surface area (Å²) in [6, 6.07) is 0. The standard InChI is InChI=1S/C13H25ClO/c1-13(2,3)11(10-14)6-4-7-12-8-5-9-15-12/h11-12H,4-10H2,1-3H3. The molecular formula is C13H25ClO. The molecule has 0 bridgehead atoms. The van der Waals surface area contributed by atoms with E-state index >= 15 is 0 Å². The minimum Gasteiger partial charge on any atom is -0.378 e. The number of alkyl halides is 1. The zero-order valence-corrected chi connectivity index (χ0v) is 11.1. The van der Waals surface area contributed by atoms with E-state index in [1.165, 1.54) is 32.1 Å². The molecule has 0 saturated carbocycles. The molecular weight excluding hydrogens is 208 g/mol. The Kier molecular flexibility index (Phi) is 5.42. The lowest BCUT2D eigenvalue weighted by Gasteiger charge is -2.29. The van der Waals surface area contributed by atoms with Crippen LogP contribution in [0.1, 0.15) is 52.9 Å². The average molecular weight is 233 g/mol. The third kappa shape index (κ3) is 4.74. The molecule has 90 valence electrons. The van der Waals surface area contributed by atoms with E-state index < -0.39 is 0 Å². The predicted octanol–water partition coefficient (Wildman–Crippen LogP) is 4.24. The van der Waals surface area contributed by atoms with Crippen LogP contribution in [0.5, 0.6) is 0 Å². The van der Waals surface area contributed by atoms with Crippen molar-refractivity contribution in [3.05, 3.63) is 0 Å². The molecule has 2 atom stereocenters. The molecule has 2 heteroatoms. The van der Waals surface area contributed by atoms with Crippen molar-refractivity contribution >= 4 is 11.6 Å². The Morgan fingerprint density at radius 1 is 1.40 bits per heavy atom. The average Bonchev–Trinajstić information content (AvgIpc) is 2.62. The van der Waals surface area contributed by atoms with Crippen LogP contribution in [-0.4, -0.2) is 18.6 Å². The van der Waals surface area contributed by atoms with E-state index in [1.54, 1.807) is 0 Å². The van der Waals surface area contributed by atoms with Crippen molar-refractivity contribution in [2.75, 3.05) is 12.5 Å². The minimum atomic E-state index is 0.346. The molecule has 0 N–H and O–H groups in total. The fourth-order valence-electron chi connectivity index (χ4n) is 2.21. The fraction of sp³-hybridized carbons (Fsp3) is 1.00. The highest BCUT2D eigenvalue weighted by atomic mass is 35.5. The van der Waals surface area contributed by atoms with Crippen molar-refractivity contribution in [3.8, 4) is 0 Å². The molecule has 1 nitrogen and oxygen atoms in total. The van der Waals surface area contributed by atoms with E-state index in [2.05, 4.69) is 20.8 Å². The van der Waals surface area contributed by atoms with Gasteiger partial charge in [0.15, 0.2) is 0 Å². The molecule has 0 radical (unpaired) electrons. The van der Waals surface area contributed by atoms with E-state index in [0.717, 1.165) is 12.5 Å². The van der Waals surface area contributed by atoms with Crippen molar-refractivity contribution in [1.82, 2.24) is 0 Å². The summed E-state index contributed by atoms with van der Waals surface area (Å²) in [5.74, 6) is 1.43. The molecule has 1 rings (SSSR count). The number of halogens is 1. The van der Waals surface area contributed by atoms with E-state index in [-0.39, 0.29) is 0 Å². The Hall–Kier alpha value is 0.250. The first kappa shape index (κ1) is 13.3. The van der Waals surface area contributed by atoms with Gasteiger partial charge in [0.2, 0.25) is 0 Å². The molecule has 1 aliphatic heterocycles. The molecule has 0 aromatic rings. The van der Waals surface area contributed by atoms with Gasteiger partial charge in [-0.2, -0.15) is 0 Å². The largest absolute Gasteiger partial charge is 0.378 e. The van der Waals surface area contributed by atoms with Gasteiger partial charge in [-0.1, -0.05) is 27.2 Å². The molecule has 0 amide bonds. The summed E-state index contributed by atoms with van der Waals surface area (Å²) in [4.78, 5) is 0. The molecule has 1 heterocycles. The van der Waals surface area contributed by atoms with Gasteiger partial charge in [0.25, 0.3) is 0 Å². The zero-order valence-electron chi connectivity index (χ0n) is 10.4. The predicted molar refractivity (Wildman–Crippen MR) is 66.5 cm³/mol. The summed E-state index contributed by atoms with van der Waals surface area (Å²) in [7, 11) is 0. The third-order valence-corrected chi connectivity index (χ3v) is 3.89. The Morgan fingerprint density at radius 2 is 2.13 bits per heavy atom. The summed E-state index contributed by atoms with van der Waals surface area (Å²) in [5, 5.41) is 0. The summed E-state index contributed by atoms with van der Waals surface area (Å²) in [6.07, 6.45) is 6.79. The molecule has 1 saturated heterocycles. The van der Waals surface area contributed by atoms with E-state index in [1.807, 2.05) is 0 Å². The summed E-state index contributed by atoms with van der Waals surface area (Å²) < 4.78 is 5.62. The molecule has 2 unspecified atom stereocenters. The van der Waals surface area contributed by atoms with E-state index in [0.29, 0.717) is 17.4 Å². The second kappa shape index (κ2) is 6.10. The summed E-state index contributed by atoms with van der Waals surface area (Å²) >= 11 is 6.02. The van der Waals surface area contributed by atoms with Crippen LogP contribution < -0.4 is 0 Å². The van der Waals surface area contributed by atoms with Crippen LogP contribution in [0, 0.1) is 11.3 Å². The SMILES string of the molecule is CC(C)(C)C(CCl)CCCC1CCCO1. The third-order valence-electron chi connectivity index (χ3n) is 3.51. The maximum absolute atomic E-state index is 6.02. The molecule has 1 fully saturated rings. The lowest BCUT2D eigenvalue weighted by molar-refractivity contribution is 0.0986. The first-order valence-corrected chi connectivity index (χ1v) is 6.75. The first-order valence-electron chi connectivity index (χ1n) is 6.21. The van der Waals surface area contributed by atoms with Gasteiger partial charge in [0.05, 0.1) is 6.10 Å². The van der Waals surface area contributed by atoms with Crippen molar-refractivity contribution in [2.24, 2.45) is 11.3 Å². The monoisotopic (exact) mass is 232 g/mol. The lowest BCUT2D eigenvalue weighted by Crippen LogP contribution is -2.22. The quantitative estimate of drug-likeness (QED) is 0.645. The topological polar surface area (TPSA) is 9.23 Å². The van der Waals surface area contributed by atoms with Crippen LogP contribution in [0.25, 0.3) is 0 Å². The van der Waals surface area contributed by atoms with Gasteiger partial charge in [-0.15, -0.1) is 11.6 Å². The maximum atomic E-state index is 6.02. The van der Waals surface area contributed by atoms with Crippen LogP contribution in [0.3, 0.4) is 0 Å². The Bertz CT molecular complexity index is 168. The van der Waals surface area contributed by atoms with Gasteiger partial charge in [0.1, 0.15) is 0 Å². The second-order valence-corrected chi connectivity index (χ2v) is 6.09. The summed E-state index contributed by atoms with van der Waals surface area (Å²) in [6.45, 7) is 7.83. The van der Waals surface area contributed by atoms with Gasteiger partial charge in [0, 0.05) is 12.5 Å². The van der Waals surface area contributed by atoms with Crippen molar-refractivity contribution in [1.29, 1.82) is 0 Å². The van der Waals surface area contributed by atoms with Crippen molar-refractivity contribution < 1.29 is 4.74 Å². The Labute approximate surface area is 99.5 Å². The van der Waals surface area contributed by atoms with Crippen LogP contribution in [0.2, 0.25) is 0 Å². The Balaban J connectivity index is 2.16. The highest BCUT2D eigenvalue weighted by Crippen LogP contribution is 2.31. The van der Waals surface area contributed by atoms with E-state index in [9.17, 15) is 0 Å². The van der Waals surface area contributed by atoms with Gasteiger partial charge in [-0.3, -0.25) is 0 Å². The Morgan fingerprint density at radius 3 is 2.60 bits per heavy atom. The highest BCUT2D eigenvalue weighted by molar-refractivity contribution is 6.18. The number of hydrogen-bond acceptors (Lipinski definition) is 1. The first-order chi connectivity index (χ1) is 7.04.